The molecular formula is C15H18ClN5. The molecule has 6 heteroatoms. The molecule has 0 bridgehead atoms. The number of nitrogens with two attached hydrogens (primary N) is 1. The predicted octanol–water partition coefficient (Wildman–Crippen LogP) is 1.92. The number of rotatable bonds is 3. The van der Waals surface area contributed by atoms with Gasteiger partial charge in [-0.15, -0.1) is 0 Å². The van der Waals surface area contributed by atoms with Gasteiger partial charge in [0.05, 0.1) is 11.9 Å². The van der Waals surface area contributed by atoms with Gasteiger partial charge in [0.15, 0.2) is 0 Å². The highest BCUT2D eigenvalue weighted by Gasteiger charge is 2.18. The maximum Gasteiger partial charge on any atom is 0.147 e. The van der Waals surface area contributed by atoms with Crippen molar-refractivity contribution in [1.82, 2.24) is 9.97 Å². The molecular weight excluding hydrogens is 286 g/mol. The van der Waals surface area contributed by atoms with Crippen LogP contribution in [0, 0.1) is 0 Å². The lowest BCUT2D eigenvalue weighted by Crippen LogP contribution is -2.46. The maximum absolute atomic E-state index is 5.93. The van der Waals surface area contributed by atoms with Gasteiger partial charge in [0, 0.05) is 49.6 Å². The van der Waals surface area contributed by atoms with Gasteiger partial charge in [-0.05, 0) is 24.3 Å². The topological polar surface area (TPSA) is 58.3 Å². The van der Waals surface area contributed by atoms with E-state index in [4.69, 9.17) is 17.3 Å². The van der Waals surface area contributed by atoms with Crippen LogP contribution in [0.25, 0.3) is 0 Å². The average molecular weight is 304 g/mol. The number of aromatic nitrogens is 2. The van der Waals surface area contributed by atoms with Crippen LogP contribution < -0.4 is 15.5 Å². The molecule has 110 valence electrons. The van der Waals surface area contributed by atoms with Crippen LogP contribution in [0.4, 0.5) is 11.5 Å². The first-order valence-electron chi connectivity index (χ1n) is 7.03. The Morgan fingerprint density at radius 1 is 1.00 bits per heavy atom. The molecule has 2 N–H and O–H groups in total. The number of piperazine rings is 1. The molecule has 1 aliphatic heterocycles. The third kappa shape index (κ3) is 3.25. The molecule has 5 nitrogen and oxygen atoms in total. The van der Waals surface area contributed by atoms with Crippen LogP contribution in [-0.4, -0.2) is 36.1 Å². The smallest absolute Gasteiger partial charge is 0.147 e. The van der Waals surface area contributed by atoms with Crippen LogP contribution in [0.3, 0.4) is 0 Å². The lowest BCUT2D eigenvalue weighted by molar-refractivity contribution is 0.644. The summed E-state index contributed by atoms with van der Waals surface area (Å²) in [6.07, 6.45) is 3.52. The number of halogens is 1. The normalized spacial score (nSPS) is 15.3. The average Bonchev–Trinajstić information content (AvgIpc) is 2.56. The zero-order valence-corrected chi connectivity index (χ0v) is 12.5. The van der Waals surface area contributed by atoms with E-state index in [1.165, 1.54) is 5.69 Å². The fourth-order valence-electron chi connectivity index (χ4n) is 2.49. The monoisotopic (exact) mass is 303 g/mol. The van der Waals surface area contributed by atoms with Crippen LogP contribution in [0.2, 0.25) is 5.02 Å². The first-order valence-corrected chi connectivity index (χ1v) is 7.40. The second-order valence-electron chi connectivity index (χ2n) is 5.02. The van der Waals surface area contributed by atoms with Crippen LogP contribution >= 0.6 is 11.6 Å². The lowest BCUT2D eigenvalue weighted by atomic mass is 10.2. The molecule has 0 radical (unpaired) electrons. The Kier molecular flexibility index (Phi) is 4.22. The van der Waals surface area contributed by atoms with Gasteiger partial charge in [0.1, 0.15) is 5.82 Å². The minimum Gasteiger partial charge on any atom is -0.368 e. The third-order valence-electron chi connectivity index (χ3n) is 3.68. The number of benzene rings is 1. The van der Waals surface area contributed by atoms with E-state index in [1.54, 1.807) is 12.4 Å². The van der Waals surface area contributed by atoms with E-state index < -0.39 is 0 Å². The standard InChI is InChI=1S/C15H18ClN5/c16-12-1-3-14(4-2-12)20-5-7-21(8-6-20)15-11-18-10-13(9-17)19-15/h1-4,10-11H,5-9,17H2. The van der Waals surface area contributed by atoms with Crippen LogP contribution in [-0.2, 0) is 6.54 Å². The van der Waals surface area contributed by atoms with Crippen molar-refractivity contribution in [2.45, 2.75) is 6.54 Å². The summed E-state index contributed by atoms with van der Waals surface area (Å²) in [6.45, 7) is 4.18. The Bertz CT molecular complexity index is 593. The van der Waals surface area contributed by atoms with E-state index in [2.05, 4.69) is 31.9 Å². The molecule has 1 aliphatic rings. The SMILES string of the molecule is NCc1cncc(N2CCN(c3ccc(Cl)cc3)CC2)n1. The van der Waals surface area contributed by atoms with Crippen molar-refractivity contribution in [3.05, 3.63) is 47.4 Å². The van der Waals surface area contributed by atoms with Gasteiger partial charge in [0.25, 0.3) is 0 Å². The molecule has 1 aromatic carbocycles. The minimum absolute atomic E-state index is 0.422. The second kappa shape index (κ2) is 6.28. The van der Waals surface area contributed by atoms with Gasteiger partial charge in [-0.1, -0.05) is 11.6 Å². The summed E-state index contributed by atoms with van der Waals surface area (Å²) in [5.41, 5.74) is 7.65. The fourth-order valence-corrected chi connectivity index (χ4v) is 2.62. The second-order valence-corrected chi connectivity index (χ2v) is 5.46. The third-order valence-corrected chi connectivity index (χ3v) is 3.93. The van der Waals surface area contributed by atoms with Crippen molar-refractivity contribution in [1.29, 1.82) is 0 Å². The Morgan fingerprint density at radius 3 is 2.33 bits per heavy atom. The van der Waals surface area contributed by atoms with Gasteiger partial charge >= 0.3 is 0 Å². The predicted molar refractivity (Wildman–Crippen MR) is 85.8 cm³/mol. The molecule has 1 saturated heterocycles. The van der Waals surface area contributed by atoms with Crippen molar-refractivity contribution < 1.29 is 0 Å². The highest BCUT2D eigenvalue weighted by molar-refractivity contribution is 6.30. The number of anilines is 2. The van der Waals surface area contributed by atoms with Gasteiger partial charge < -0.3 is 15.5 Å². The lowest BCUT2D eigenvalue weighted by Gasteiger charge is -2.36. The molecule has 0 atom stereocenters. The molecule has 3 rings (SSSR count). The summed E-state index contributed by atoms with van der Waals surface area (Å²) >= 11 is 5.93. The molecule has 2 aromatic rings. The number of hydrogen-bond acceptors (Lipinski definition) is 5. The van der Waals surface area contributed by atoms with Gasteiger partial charge in [0.2, 0.25) is 0 Å². The highest BCUT2D eigenvalue weighted by Crippen LogP contribution is 2.21. The Hall–Kier alpha value is -1.85. The molecule has 1 fully saturated rings. The van der Waals surface area contributed by atoms with E-state index in [0.717, 1.165) is 42.7 Å². The van der Waals surface area contributed by atoms with E-state index in [0.29, 0.717) is 6.54 Å². The summed E-state index contributed by atoms with van der Waals surface area (Å²) in [7, 11) is 0. The van der Waals surface area contributed by atoms with Gasteiger partial charge in [-0.25, -0.2) is 4.98 Å². The molecule has 0 aliphatic carbocycles. The van der Waals surface area contributed by atoms with E-state index in [9.17, 15) is 0 Å². The first-order chi connectivity index (χ1) is 10.3. The van der Waals surface area contributed by atoms with E-state index in [-0.39, 0.29) is 0 Å². The molecule has 0 unspecified atom stereocenters. The summed E-state index contributed by atoms with van der Waals surface area (Å²) in [5, 5.41) is 0.770. The van der Waals surface area contributed by atoms with Crippen molar-refractivity contribution in [2.24, 2.45) is 5.73 Å². The van der Waals surface area contributed by atoms with E-state index >= 15 is 0 Å². The van der Waals surface area contributed by atoms with Crippen molar-refractivity contribution in [2.75, 3.05) is 36.0 Å². The van der Waals surface area contributed by atoms with Crippen molar-refractivity contribution in [3.8, 4) is 0 Å². The Labute approximate surface area is 129 Å². The first kappa shape index (κ1) is 14.1. The Balaban J connectivity index is 1.65. The number of nitrogens with zero attached hydrogens (tertiary/aromatic N) is 4. The van der Waals surface area contributed by atoms with E-state index in [1.807, 2.05) is 12.1 Å². The summed E-state index contributed by atoms with van der Waals surface area (Å²) < 4.78 is 0. The zero-order chi connectivity index (χ0) is 14.7. The molecule has 0 spiro atoms. The maximum atomic E-state index is 5.93. The molecule has 21 heavy (non-hydrogen) atoms. The quantitative estimate of drug-likeness (QED) is 0.939. The largest absolute Gasteiger partial charge is 0.368 e. The summed E-state index contributed by atoms with van der Waals surface area (Å²) in [4.78, 5) is 13.3. The number of hydrogen-bond donors (Lipinski definition) is 1. The molecule has 2 heterocycles. The summed E-state index contributed by atoms with van der Waals surface area (Å²) in [6, 6.07) is 7.98. The molecule has 0 saturated carbocycles. The van der Waals surface area contributed by atoms with Crippen molar-refractivity contribution >= 4 is 23.1 Å². The fraction of sp³-hybridized carbons (Fsp3) is 0.333. The van der Waals surface area contributed by atoms with Gasteiger partial charge in [-0.2, -0.15) is 0 Å². The van der Waals surface area contributed by atoms with Crippen LogP contribution in [0.15, 0.2) is 36.7 Å². The van der Waals surface area contributed by atoms with Crippen LogP contribution in [0.5, 0.6) is 0 Å². The highest BCUT2D eigenvalue weighted by atomic mass is 35.5. The minimum atomic E-state index is 0.422. The molecule has 0 amide bonds. The zero-order valence-electron chi connectivity index (χ0n) is 11.7. The Morgan fingerprint density at radius 2 is 1.67 bits per heavy atom. The van der Waals surface area contributed by atoms with Crippen molar-refractivity contribution in [3.63, 3.8) is 0 Å². The van der Waals surface area contributed by atoms with Gasteiger partial charge in [-0.3, -0.25) is 4.98 Å². The molecule has 1 aromatic heterocycles. The van der Waals surface area contributed by atoms with Crippen LogP contribution in [0.1, 0.15) is 5.69 Å². The summed E-state index contributed by atoms with van der Waals surface area (Å²) in [5.74, 6) is 0.911.